The van der Waals surface area contributed by atoms with Gasteiger partial charge in [-0.15, -0.1) is 0 Å². The first-order valence-corrected chi connectivity index (χ1v) is 7.46. The molecule has 0 radical (unpaired) electrons. The molecule has 120 valence electrons. The van der Waals surface area contributed by atoms with Gasteiger partial charge in [-0.2, -0.15) is 4.73 Å². The van der Waals surface area contributed by atoms with Crippen molar-refractivity contribution in [2.24, 2.45) is 0 Å². The molecule has 0 bridgehead atoms. The van der Waals surface area contributed by atoms with E-state index in [1.807, 2.05) is 37.3 Å². The number of nitrogens with zero attached hydrogens (tertiary/aromatic N) is 1. The Kier molecular flexibility index (Phi) is 4.43. The normalized spacial score (nSPS) is 10.2. The molecule has 0 aliphatic heterocycles. The maximum atomic E-state index is 12.3. The van der Waals surface area contributed by atoms with Crippen LogP contribution in [0.5, 0.6) is 11.5 Å². The Labute approximate surface area is 139 Å². The molecule has 5 nitrogen and oxygen atoms in total. The number of amides is 1. The van der Waals surface area contributed by atoms with Crippen LogP contribution in [0.4, 0.5) is 5.69 Å². The minimum absolute atomic E-state index is 0.0165. The lowest BCUT2D eigenvalue weighted by atomic mass is 10.2. The van der Waals surface area contributed by atoms with E-state index in [1.165, 1.54) is 12.3 Å². The highest BCUT2D eigenvalue weighted by Crippen LogP contribution is 2.29. The molecule has 1 aromatic heterocycles. The fourth-order valence-corrected chi connectivity index (χ4v) is 2.26. The zero-order valence-electron chi connectivity index (χ0n) is 13.1. The Morgan fingerprint density at radius 1 is 1.04 bits per heavy atom. The summed E-state index contributed by atoms with van der Waals surface area (Å²) in [6.07, 6.45) is 1.28. The van der Waals surface area contributed by atoms with Gasteiger partial charge in [0.15, 0.2) is 11.9 Å². The second-order valence-electron chi connectivity index (χ2n) is 5.28. The molecule has 3 aromatic rings. The second-order valence-corrected chi connectivity index (χ2v) is 5.28. The van der Waals surface area contributed by atoms with Crippen LogP contribution in [-0.2, 0) is 0 Å². The van der Waals surface area contributed by atoms with E-state index in [0.717, 1.165) is 5.56 Å². The van der Waals surface area contributed by atoms with Gasteiger partial charge in [0.05, 0.1) is 5.69 Å². The highest BCUT2D eigenvalue weighted by Gasteiger charge is 2.17. The third-order valence-corrected chi connectivity index (χ3v) is 3.41. The standard InChI is InChI=1S/C19H16N2O3/c1-14-7-6-8-15(13-14)24-18-11-3-2-9-16(18)20-19(22)17-10-4-5-12-21(17)23/h2-13H,1H3,(H,20,22). The van der Waals surface area contributed by atoms with Crippen LogP contribution in [0.25, 0.3) is 0 Å². The first kappa shape index (κ1) is 15.6. The Bertz CT molecular complexity index is 878. The van der Waals surface area contributed by atoms with Gasteiger partial charge < -0.3 is 15.3 Å². The van der Waals surface area contributed by atoms with E-state index in [2.05, 4.69) is 5.32 Å². The van der Waals surface area contributed by atoms with Crippen LogP contribution >= 0.6 is 0 Å². The smallest absolute Gasteiger partial charge is 0.321 e. The lowest BCUT2D eigenvalue weighted by Crippen LogP contribution is -2.36. The van der Waals surface area contributed by atoms with Crippen molar-refractivity contribution in [2.75, 3.05) is 5.32 Å². The van der Waals surface area contributed by atoms with Crippen molar-refractivity contribution in [1.82, 2.24) is 0 Å². The van der Waals surface area contributed by atoms with Gasteiger partial charge in [-0.05, 0) is 42.8 Å². The molecule has 0 fully saturated rings. The maximum Gasteiger partial charge on any atom is 0.321 e. The summed E-state index contributed by atoms with van der Waals surface area (Å²) in [5.41, 5.74) is 1.58. The van der Waals surface area contributed by atoms with Gasteiger partial charge in [0.25, 0.3) is 5.69 Å². The van der Waals surface area contributed by atoms with Crippen LogP contribution < -0.4 is 14.8 Å². The minimum Gasteiger partial charge on any atom is -0.618 e. The molecule has 0 atom stereocenters. The summed E-state index contributed by atoms with van der Waals surface area (Å²) in [4.78, 5) is 12.3. The summed E-state index contributed by atoms with van der Waals surface area (Å²) >= 11 is 0. The summed E-state index contributed by atoms with van der Waals surface area (Å²) < 4.78 is 6.38. The third-order valence-electron chi connectivity index (χ3n) is 3.41. The van der Waals surface area contributed by atoms with Crippen LogP contribution in [0.3, 0.4) is 0 Å². The fourth-order valence-electron chi connectivity index (χ4n) is 2.26. The Morgan fingerprint density at radius 2 is 1.83 bits per heavy atom. The summed E-state index contributed by atoms with van der Waals surface area (Å²) in [7, 11) is 0. The Balaban J connectivity index is 1.84. The molecule has 0 saturated heterocycles. The van der Waals surface area contributed by atoms with Gasteiger partial charge in [-0.3, -0.25) is 4.79 Å². The number of carbonyl (C=O) groups excluding carboxylic acids is 1. The van der Waals surface area contributed by atoms with Crippen molar-refractivity contribution >= 4 is 11.6 Å². The number of benzene rings is 2. The van der Waals surface area contributed by atoms with Crippen LogP contribution in [0, 0.1) is 12.1 Å². The first-order chi connectivity index (χ1) is 11.6. The first-order valence-electron chi connectivity index (χ1n) is 7.46. The molecule has 24 heavy (non-hydrogen) atoms. The monoisotopic (exact) mass is 320 g/mol. The van der Waals surface area contributed by atoms with Crippen LogP contribution in [0.1, 0.15) is 16.1 Å². The van der Waals surface area contributed by atoms with Gasteiger partial charge in [0, 0.05) is 12.1 Å². The second kappa shape index (κ2) is 6.83. The lowest BCUT2D eigenvalue weighted by Gasteiger charge is -2.12. The molecule has 0 saturated carbocycles. The van der Waals surface area contributed by atoms with E-state index in [0.29, 0.717) is 21.9 Å². The SMILES string of the molecule is Cc1cccc(Oc2ccccc2NC(=O)c2cccc[n+]2[O-])c1. The van der Waals surface area contributed by atoms with Gasteiger partial charge in [0.2, 0.25) is 0 Å². The average molecular weight is 320 g/mol. The number of anilines is 1. The number of hydrogen-bond donors (Lipinski definition) is 1. The largest absolute Gasteiger partial charge is 0.618 e. The number of aryl methyl sites for hydroxylation is 1. The predicted octanol–water partition coefficient (Wildman–Crippen LogP) is 3.67. The third kappa shape index (κ3) is 3.52. The number of hydrogen-bond acceptors (Lipinski definition) is 3. The molecule has 0 unspecified atom stereocenters. The number of aromatic nitrogens is 1. The van der Waals surface area contributed by atoms with E-state index < -0.39 is 5.91 Å². The molecule has 5 heteroatoms. The van der Waals surface area contributed by atoms with E-state index in [1.54, 1.807) is 30.3 Å². The minimum atomic E-state index is -0.495. The summed E-state index contributed by atoms with van der Waals surface area (Å²) in [5, 5.41) is 14.4. The number of pyridine rings is 1. The molecular weight excluding hydrogens is 304 g/mol. The van der Waals surface area contributed by atoms with Gasteiger partial charge in [-0.25, -0.2) is 0 Å². The van der Waals surface area contributed by atoms with Crippen LogP contribution in [-0.4, -0.2) is 5.91 Å². The summed E-state index contributed by atoms with van der Waals surface area (Å²) in [5.74, 6) is 0.686. The summed E-state index contributed by atoms with van der Waals surface area (Å²) in [6.45, 7) is 1.98. The maximum absolute atomic E-state index is 12.3. The fraction of sp³-hybridized carbons (Fsp3) is 0.0526. The molecular formula is C19H16N2O3. The molecule has 0 spiro atoms. The number of rotatable bonds is 4. The van der Waals surface area contributed by atoms with Crippen molar-refractivity contribution < 1.29 is 14.3 Å². The van der Waals surface area contributed by atoms with E-state index in [-0.39, 0.29) is 5.69 Å². The highest BCUT2D eigenvalue weighted by atomic mass is 16.5. The average Bonchev–Trinajstić information content (AvgIpc) is 2.57. The van der Waals surface area contributed by atoms with Crippen LogP contribution in [0.15, 0.2) is 72.9 Å². The molecule has 1 heterocycles. The van der Waals surface area contributed by atoms with Crippen molar-refractivity contribution in [3.63, 3.8) is 0 Å². The quantitative estimate of drug-likeness (QED) is 0.589. The number of carbonyl (C=O) groups is 1. The Morgan fingerprint density at radius 3 is 2.62 bits per heavy atom. The zero-order chi connectivity index (χ0) is 16.9. The van der Waals surface area contributed by atoms with Crippen molar-refractivity contribution in [3.05, 3.63) is 89.4 Å². The molecule has 2 aromatic carbocycles. The number of nitrogens with one attached hydrogen (secondary N) is 1. The molecule has 1 amide bonds. The van der Waals surface area contributed by atoms with Gasteiger partial charge in [-0.1, -0.05) is 24.3 Å². The highest BCUT2D eigenvalue weighted by molar-refractivity contribution is 6.02. The van der Waals surface area contributed by atoms with Gasteiger partial charge in [0.1, 0.15) is 5.75 Å². The van der Waals surface area contributed by atoms with Crippen molar-refractivity contribution in [2.45, 2.75) is 6.92 Å². The summed E-state index contributed by atoms with van der Waals surface area (Å²) in [6, 6.07) is 19.4. The van der Waals surface area contributed by atoms with Crippen LogP contribution in [0.2, 0.25) is 0 Å². The molecule has 3 rings (SSSR count). The van der Waals surface area contributed by atoms with E-state index in [9.17, 15) is 10.0 Å². The number of ether oxygens (including phenoxy) is 1. The molecule has 0 aliphatic carbocycles. The zero-order valence-corrected chi connectivity index (χ0v) is 13.1. The van der Waals surface area contributed by atoms with Gasteiger partial charge >= 0.3 is 5.91 Å². The number of para-hydroxylation sites is 2. The van der Waals surface area contributed by atoms with Crippen molar-refractivity contribution in [1.29, 1.82) is 0 Å². The predicted molar refractivity (Wildman–Crippen MR) is 91.1 cm³/mol. The Hall–Kier alpha value is -3.34. The topological polar surface area (TPSA) is 65.3 Å². The molecule has 0 aliphatic rings. The lowest BCUT2D eigenvalue weighted by molar-refractivity contribution is -0.607. The van der Waals surface area contributed by atoms with E-state index in [4.69, 9.17) is 4.74 Å². The van der Waals surface area contributed by atoms with E-state index >= 15 is 0 Å². The molecule has 1 N–H and O–H groups in total. The van der Waals surface area contributed by atoms with Crippen molar-refractivity contribution in [3.8, 4) is 11.5 Å².